The van der Waals surface area contributed by atoms with Crippen LogP contribution in [0, 0.1) is 6.92 Å². The fraction of sp³-hybridized carbons (Fsp3) is 0.300. The number of hydrogen-bond donors (Lipinski definition) is 1. The lowest BCUT2D eigenvalue weighted by Gasteiger charge is -2.02. The number of nitrogens with one attached hydrogen (secondary N) is 1. The first-order valence-electron chi connectivity index (χ1n) is 4.76. The van der Waals surface area contributed by atoms with Crippen LogP contribution in [-0.2, 0) is 13.6 Å². The molecule has 0 saturated heterocycles. The van der Waals surface area contributed by atoms with Gasteiger partial charge >= 0.3 is 0 Å². The Balaban J connectivity index is 2.02. The van der Waals surface area contributed by atoms with Crippen LogP contribution < -0.4 is 5.32 Å². The largest absolute Gasteiger partial charge is 0.364 e. The molecule has 78 valence electrons. The summed E-state index contributed by atoms with van der Waals surface area (Å²) in [5.74, 6) is 0.778. The summed E-state index contributed by atoms with van der Waals surface area (Å²) in [6.07, 6.45) is 3.65. The third-order valence-corrected chi connectivity index (χ3v) is 2.15. The number of aryl methyl sites for hydroxylation is 2. The Morgan fingerprint density at radius 2 is 2.33 bits per heavy atom. The summed E-state index contributed by atoms with van der Waals surface area (Å²) in [6, 6.07) is 3.74. The van der Waals surface area contributed by atoms with E-state index < -0.39 is 0 Å². The van der Waals surface area contributed by atoms with E-state index in [4.69, 9.17) is 0 Å². The second kappa shape index (κ2) is 4.08. The summed E-state index contributed by atoms with van der Waals surface area (Å²) in [6.45, 7) is 2.71. The maximum absolute atomic E-state index is 4.26. The fourth-order valence-corrected chi connectivity index (χ4v) is 1.40. The molecule has 15 heavy (non-hydrogen) atoms. The quantitative estimate of drug-likeness (QED) is 0.812. The Labute approximate surface area is 88.1 Å². The minimum Gasteiger partial charge on any atom is -0.364 e. The number of aromatic nitrogens is 4. The Bertz CT molecular complexity index is 434. The van der Waals surface area contributed by atoms with Gasteiger partial charge in [0.15, 0.2) is 0 Å². The smallest absolute Gasteiger partial charge is 0.148 e. The fourth-order valence-electron chi connectivity index (χ4n) is 1.40. The van der Waals surface area contributed by atoms with Crippen LogP contribution in [-0.4, -0.2) is 20.0 Å². The predicted molar refractivity (Wildman–Crippen MR) is 57.3 cm³/mol. The molecule has 0 aliphatic heterocycles. The summed E-state index contributed by atoms with van der Waals surface area (Å²) in [5.41, 5.74) is 2.21. The van der Waals surface area contributed by atoms with Crippen LogP contribution in [0.4, 0.5) is 5.82 Å². The van der Waals surface area contributed by atoms with Crippen LogP contribution in [0.1, 0.15) is 11.3 Å². The number of anilines is 1. The highest BCUT2D eigenvalue weighted by atomic mass is 15.3. The monoisotopic (exact) mass is 203 g/mol. The Kier molecular flexibility index (Phi) is 2.62. The van der Waals surface area contributed by atoms with Crippen LogP contribution in [0.25, 0.3) is 0 Å². The average molecular weight is 203 g/mol. The molecule has 0 radical (unpaired) electrons. The SMILES string of the molecule is Cc1nn(C)cc1CNc1cccnn1. The van der Waals surface area contributed by atoms with Gasteiger partial charge in [-0.25, -0.2) is 0 Å². The standard InChI is InChI=1S/C10H13N5/c1-8-9(7-15(2)14-8)6-11-10-4-3-5-12-13-10/h3-5,7H,6H2,1-2H3,(H,11,13). The Hall–Kier alpha value is -1.91. The van der Waals surface area contributed by atoms with Crippen molar-refractivity contribution >= 4 is 5.82 Å². The summed E-state index contributed by atoms with van der Waals surface area (Å²) < 4.78 is 1.81. The molecular formula is C10H13N5. The van der Waals surface area contributed by atoms with Crippen molar-refractivity contribution in [1.82, 2.24) is 20.0 Å². The lowest BCUT2D eigenvalue weighted by molar-refractivity contribution is 0.756. The van der Waals surface area contributed by atoms with Crippen molar-refractivity contribution in [2.75, 3.05) is 5.32 Å². The average Bonchev–Trinajstić information content (AvgIpc) is 2.56. The topological polar surface area (TPSA) is 55.6 Å². The van der Waals surface area contributed by atoms with Crippen molar-refractivity contribution in [3.8, 4) is 0 Å². The second-order valence-corrected chi connectivity index (χ2v) is 3.38. The van der Waals surface area contributed by atoms with Gasteiger partial charge in [0.05, 0.1) is 5.69 Å². The molecule has 5 nitrogen and oxygen atoms in total. The molecule has 2 rings (SSSR count). The Morgan fingerprint density at radius 3 is 2.93 bits per heavy atom. The number of hydrogen-bond acceptors (Lipinski definition) is 4. The van der Waals surface area contributed by atoms with E-state index in [1.165, 1.54) is 5.56 Å². The first kappa shape index (κ1) is 9.64. The molecule has 0 spiro atoms. The number of nitrogens with zero attached hydrogens (tertiary/aromatic N) is 4. The normalized spacial score (nSPS) is 10.3. The van der Waals surface area contributed by atoms with Crippen molar-refractivity contribution < 1.29 is 0 Å². The molecule has 0 saturated carbocycles. The highest BCUT2D eigenvalue weighted by molar-refractivity contribution is 5.33. The Morgan fingerprint density at radius 1 is 1.47 bits per heavy atom. The van der Waals surface area contributed by atoms with E-state index in [0.717, 1.165) is 18.1 Å². The maximum Gasteiger partial charge on any atom is 0.148 e. The maximum atomic E-state index is 4.26. The van der Waals surface area contributed by atoms with Gasteiger partial charge in [0, 0.05) is 31.5 Å². The van der Waals surface area contributed by atoms with Crippen LogP contribution in [0.5, 0.6) is 0 Å². The zero-order chi connectivity index (χ0) is 10.7. The molecule has 0 amide bonds. The molecule has 0 bridgehead atoms. The van der Waals surface area contributed by atoms with Crippen LogP contribution in [0.3, 0.4) is 0 Å². The highest BCUT2D eigenvalue weighted by Crippen LogP contribution is 2.07. The molecule has 0 atom stereocenters. The van der Waals surface area contributed by atoms with Crippen molar-refractivity contribution in [1.29, 1.82) is 0 Å². The van der Waals surface area contributed by atoms with Gasteiger partial charge < -0.3 is 5.32 Å². The van der Waals surface area contributed by atoms with Gasteiger partial charge in [0.2, 0.25) is 0 Å². The summed E-state index contributed by atoms with van der Waals surface area (Å²) in [4.78, 5) is 0. The molecule has 1 N–H and O–H groups in total. The van der Waals surface area contributed by atoms with Gasteiger partial charge in [-0.05, 0) is 19.1 Å². The molecule has 2 aromatic rings. The van der Waals surface area contributed by atoms with Crippen molar-refractivity contribution in [3.63, 3.8) is 0 Å². The van der Waals surface area contributed by atoms with E-state index in [1.54, 1.807) is 6.20 Å². The van der Waals surface area contributed by atoms with E-state index in [1.807, 2.05) is 37.0 Å². The van der Waals surface area contributed by atoms with Crippen molar-refractivity contribution in [2.24, 2.45) is 7.05 Å². The summed E-state index contributed by atoms with van der Waals surface area (Å²) in [5, 5.41) is 15.2. The van der Waals surface area contributed by atoms with Crippen LogP contribution in [0.2, 0.25) is 0 Å². The zero-order valence-electron chi connectivity index (χ0n) is 8.81. The molecule has 0 fully saturated rings. The minimum atomic E-state index is 0.721. The lowest BCUT2D eigenvalue weighted by Crippen LogP contribution is -2.02. The van der Waals surface area contributed by atoms with E-state index in [0.29, 0.717) is 0 Å². The van der Waals surface area contributed by atoms with E-state index >= 15 is 0 Å². The summed E-state index contributed by atoms with van der Waals surface area (Å²) in [7, 11) is 1.92. The molecule has 2 heterocycles. The third-order valence-electron chi connectivity index (χ3n) is 2.15. The van der Waals surface area contributed by atoms with E-state index in [-0.39, 0.29) is 0 Å². The second-order valence-electron chi connectivity index (χ2n) is 3.38. The third kappa shape index (κ3) is 2.31. The van der Waals surface area contributed by atoms with Crippen LogP contribution >= 0.6 is 0 Å². The molecule has 0 unspecified atom stereocenters. The predicted octanol–water partition coefficient (Wildman–Crippen LogP) is 1.13. The van der Waals surface area contributed by atoms with Gasteiger partial charge in [0.25, 0.3) is 0 Å². The molecular weight excluding hydrogens is 190 g/mol. The van der Waals surface area contributed by atoms with Gasteiger partial charge in [-0.15, -0.1) is 5.10 Å². The van der Waals surface area contributed by atoms with Gasteiger partial charge in [-0.1, -0.05) is 0 Å². The molecule has 2 aromatic heterocycles. The van der Waals surface area contributed by atoms with Gasteiger partial charge in [0.1, 0.15) is 5.82 Å². The first-order chi connectivity index (χ1) is 7.25. The highest BCUT2D eigenvalue weighted by Gasteiger charge is 2.02. The molecule has 5 heteroatoms. The number of rotatable bonds is 3. The van der Waals surface area contributed by atoms with Gasteiger partial charge in [-0.3, -0.25) is 4.68 Å². The van der Waals surface area contributed by atoms with Crippen LogP contribution in [0.15, 0.2) is 24.5 Å². The van der Waals surface area contributed by atoms with E-state index in [9.17, 15) is 0 Å². The van der Waals surface area contributed by atoms with Gasteiger partial charge in [-0.2, -0.15) is 10.2 Å². The van der Waals surface area contributed by atoms with Crippen molar-refractivity contribution in [2.45, 2.75) is 13.5 Å². The molecule has 0 aliphatic carbocycles. The van der Waals surface area contributed by atoms with E-state index in [2.05, 4.69) is 20.6 Å². The van der Waals surface area contributed by atoms with Crippen molar-refractivity contribution in [3.05, 3.63) is 35.8 Å². The first-order valence-corrected chi connectivity index (χ1v) is 4.76. The lowest BCUT2D eigenvalue weighted by atomic mass is 10.2. The zero-order valence-corrected chi connectivity index (χ0v) is 8.81. The molecule has 0 aliphatic rings. The molecule has 0 aromatic carbocycles. The minimum absolute atomic E-state index is 0.721. The summed E-state index contributed by atoms with van der Waals surface area (Å²) >= 11 is 0.